The molecule has 0 amide bonds. The third-order valence-corrected chi connectivity index (χ3v) is 5.27. The minimum absolute atomic E-state index is 0.210. The SMILES string of the molecule is C[C@@H]1CCCN1CCc1cc2cc(/C=C/c3ccc(F)cc3)ccc2o1. The number of benzene rings is 2. The molecule has 0 saturated carbocycles. The third kappa shape index (κ3) is 3.88. The van der Waals surface area contributed by atoms with E-state index in [2.05, 4.69) is 30.0 Å². The molecule has 1 aromatic heterocycles. The number of hydrogen-bond donors (Lipinski definition) is 0. The maximum Gasteiger partial charge on any atom is 0.134 e. The summed E-state index contributed by atoms with van der Waals surface area (Å²) in [5.41, 5.74) is 3.04. The average Bonchev–Trinajstić information content (AvgIpc) is 3.24. The van der Waals surface area contributed by atoms with E-state index >= 15 is 0 Å². The molecule has 0 aliphatic carbocycles. The second kappa shape index (κ2) is 7.46. The molecule has 1 saturated heterocycles. The number of likely N-dealkylation sites (tertiary alicyclic amines) is 1. The molecule has 0 bridgehead atoms. The summed E-state index contributed by atoms with van der Waals surface area (Å²) < 4.78 is 19.0. The van der Waals surface area contributed by atoms with Crippen LogP contribution >= 0.6 is 0 Å². The lowest BCUT2D eigenvalue weighted by Crippen LogP contribution is -2.28. The minimum atomic E-state index is -0.210. The predicted octanol–water partition coefficient (Wildman–Crippen LogP) is 5.77. The molecule has 0 radical (unpaired) electrons. The Hall–Kier alpha value is -2.39. The van der Waals surface area contributed by atoms with Gasteiger partial charge in [0.1, 0.15) is 17.2 Å². The van der Waals surface area contributed by atoms with E-state index in [0.717, 1.165) is 40.8 Å². The summed E-state index contributed by atoms with van der Waals surface area (Å²) in [5.74, 6) is 0.844. The summed E-state index contributed by atoms with van der Waals surface area (Å²) in [6, 6.07) is 15.6. The maximum atomic E-state index is 13.0. The molecule has 26 heavy (non-hydrogen) atoms. The van der Waals surface area contributed by atoms with Crippen molar-refractivity contribution in [2.75, 3.05) is 13.1 Å². The molecule has 3 aromatic rings. The molecule has 2 heterocycles. The fourth-order valence-corrected chi connectivity index (χ4v) is 3.69. The normalized spacial score (nSPS) is 18.3. The predicted molar refractivity (Wildman–Crippen MR) is 106 cm³/mol. The maximum absolute atomic E-state index is 13.0. The third-order valence-electron chi connectivity index (χ3n) is 5.27. The molecule has 0 unspecified atom stereocenters. The summed E-state index contributed by atoms with van der Waals surface area (Å²) in [6.45, 7) is 4.59. The zero-order valence-corrected chi connectivity index (χ0v) is 15.1. The molecule has 1 fully saturated rings. The van der Waals surface area contributed by atoms with Crippen molar-refractivity contribution in [3.8, 4) is 0 Å². The Morgan fingerprint density at radius 1 is 1.08 bits per heavy atom. The smallest absolute Gasteiger partial charge is 0.134 e. The van der Waals surface area contributed by atoms with Crippen molar-refractivity contribution >= 4 is 23.1 Å². The standard InChI is InChI=1S/C23H24FNO/c1-17-3-2-13-25(17)14-12-22-16-20-15-19(8-11-23(20)26-22)5-4-18-6-9-21(24)10-7-18/h4-11,15-17H,2-3,12-14H2,1H3/b5-4+/t17-/m1/s1. The van der Waals surface area contributed by atoms with Gasteiger partial charge in [-0.1, -0.05) is 30.4 Å². The second-order valence-electron chi connectivity index (χ2n) is 7.17. The Kier molecular flexibility index (Phi) is 4.89. The van der Waals surface area contributed by atoms with Crippen molar-refractivity contribution in [3.05, 3.63) is 71.2 Å². The molecule has 2 nitrogen and oxygen atoms in total. The Labute approximate surface area is 153 Å². The molecular formula is C23H24FNO. The number of hydrogen-bond acceptors (Lipinski definition) is 2. The van der Waals surface area contributed by atoms with Gasteiger partial charge in [0.25, 0.3) is 0 Å². The van der Waals surface area contributed by atoms with Crippen molar-refractivity contribution in [1.82, 2.24) is 4.90 Å². The highest BCUT2D eigenvalue weighted by atomic mass is 19.1. The Morgan fingerprint density at radius 2 is 1.85 bits per heavy atom. The first kappa shape index (κ1) is 17.0. The van der Waals surface area contributed by atoms with E-state index in [1.54, 1.807) is 12.1 Å². The molecule has 1 aliphatic rings. The van der Waals surface area contributed by atoms with Gasteiger partial charge < -0.3 is 9.32 Å². The summed E-state index contributed by atoms with van der Waals surface area (Å²) in [7, 11) is 0. The van der Waals surface area contributed by atoms with Gasteiger partial charge in [-0.2, -0.15) is 0 Å². The summed E-state index contributed by atoms with van der Waals surface area (Å²) in [5, 5.41) is 1.13. The van der Waals surface area contributed by atoms with Crippen LogP contribution in [0.1, 0.15) is 36.7 Å². The van der Waals surface area contributed by atoms with Crippen LogP contribution in [0.3, 0.4) is 0 Å². The van der Waals surface area contributed by atoms with Gasteiger partial charge in [-0.05, 0) is 67.8 Å². The van der Waals surface area contributed by atoms with E-state index in [4.69, 9.17) is 4.42 Å². The van der Waals surface area contributed by atoms with Crippen LogP contribution in [-0.2, 0) is 6.42 Å². The van der Waals surface area contributed by atoms with Gasteiger partial charge in [0.2, 0.25) is 0 Å². The van der Waals surface area contributed by atoms with Crippen molar-refractivity contribution < 1.29 is 8.81 Å². The van der Waals surface area contributed by atoms with Crippen molar-refractivity contribution in [2.24, 2.45) is 0 Å². The van der Waals surface area contributed by atoms with E-state index in [-0.39, 0.29) is 5.82 Å². The lowest BCUT2D eigenvalue weighted by molar-refractivity contribution is 0.266. The van der Waals surface area contributed by atoms with Crippen LogP contribution in [0.5, 0.6) is 0 Å². The summed E-state index contributed by atoms with van der Waals surface area (Å²) in [6.07, 6.45) is 7.62. The quantitative estimate of drug-likeness (QED) is 0.544. The van der Waals surface area contributed by atoms with E-state index in [1.165, 1.54) is 31.5 Å². The Morgan fingerprint density at radius 3 is 2.62 bits per heavy atom. The largest absolute Gasteiger partial charge is 0.461 e. The van der Waals surface area contributed by atoms with E-state index in [9.17, 15) is 4.39 Å². The molecule has 2 aromatic carbocycles. The molecule has 4 rings (SSSR count). The van der Waals surface area contributed by atoms with Gasteiger partial charge in [-0.15, -0.1) is 0 Å². The van der Waals surface area contributed by atoms with Crippen molar-refractivity contribution in [1.29, 1.82) is 0 Å². The molecule has 3 heteroatoms. The van der Waals surface area contributed by atoms with Crippen LogP contribution in [0.2, 0.25) is 0 Å². The van der Waals surface area contributed by atoms with Gasteiger partial charge in [-0.25, -0.2) is 4.39 Å². The molecule has 0 spiro atoms. The first-order chi connectivity index (χ1) is 12.7. The first-order valence-corrected chi connectivity index (χ1v) is 9.37. The number of fused-ring (bicyclic) bond motifs is 1. The average molecular weight is 349 g/mol. The van der Waals surface area contributed by atoms with Crippen LogP contribution in [0.15, 0.2) is 52.9 Å². The summed E-state index contributed by atoms with van der Waals surface area (Å²) in [4.78, 5) is 2.55. The van der Waals surface area contributed by atoms with Crippen LogP contribution in [0, 0.1) is 5.82 Å². The number of nitrogens with zero attached hydrogens (tertiary/aromatic N) is 1. The fraction of sp³-hybridized carbons (Fsp3) is 0.304. The van der Waals surface area contributed by atoms with Gasteiger partial charge in [-0.3, -0.25) is 0 Å². The van der Waals surface area contributed by atoms with Crippen molar-refractivity contribution in [2.45, 2.75) is 32.2 Å². The highest BCUT2D eigenvalue weighted by molar-refractivity contribution is 5.82. The van der Waals surface area contributed by atoms with Gasteiger partial charge in [0.05, 0.1) is 0 Å². The topological polar surface area (TPSA) is 16.4 Å². The highest BCUT2D eigenvalue weighted by Crippen LogP contribution is 2.23. The highest BCUT2D eigenvalue weighted by Gasteiger charge is 2.19. The monoisotopic (exact) mass is 349 g/mol. The minimum Gasteiger partial charge on any atom is -0.461 e. The van der Waals surface area contributed by atoms with Crippen LogP contribution in [0.25, 0.3) is 23.1 Å². The van der Waals surface area contributed by atoms with Gasteiger partial charge in [0.15, 0.2) is 0 Å². The molecule has 1 aliphatic heterocycles. The molecule has 134 valence electrons. The lowest BCUT2D eigenvalue weighted by Gasteiger charge is -2.19. The number of furan rings is 1. The zero-order chi connectivity index (χ0) is 17.9. The molecule has 1 atom stereocenters. The second-order valence-corrected chi connectivity index (χ2v) is 7.17. The van der Waals surface area contributed by atoms with E-state index in [1.807, 2.05) is 18.2 Å². The van der Waals surface area contributed by atoms with Gasteiger partial charge >= 0.3 is 0 Å². The van der Waals surface area contributed by atoms with E-state index in [0.29, 0.717) is 6.04 Å². The first-order valence-electron chi connectivity index (χ1n) is 9.37. The Bertz CT molecular complexity index is 910. The fourth-order valence-electron chi connectivity index (χ4n) is 3.69. The molecule has 0 N–H and O–H groups in total. The van der Waals surface area contributed by atoms with Crippen LogP contribution in [-0.4, -0.2) is 24.0 Å². The molecular weight excluding hydrogens is 325 g/mol. The lowest BCUT2D eigenvalue weighted by atomic mass is 10.1. The van der Waals surface area contributed by atoms with Crippen LogP contribution in [0.4, 0.5) is 4.39 Å². The van der Waals surface area contributed by atoms with Crippen molar-refractivity contribution in [3.63, 3.8) is 0 Å². The Balaban J connectivity index is 1.46. The number of halogens is 1. The number of rotatable bonds is 5. The van der Waals surface area contributed by atoms with Gasteiger partial charge in [0, 0.05) is 24.4 Å². The van der Waals surface area contributed by atoms with E-state index < -0.39 is 0 Å². The zero-order valence-electron chi connectivity index (χ0n) is 15.1. The summed E-state index contributed by atoms with van der Waals surface area (Å²) >= 11 is 0. The van der Waals surface area contributed by atoms with Crippen LogP contribution < -0.4 is 0 Å².